The lowest BCUT2D eigenvalue weighted by atomic mass is 9.96. The molecule has 0 radical (unpaired) electrons. The molecule has 4 heteroatoms. The molecule has 0 amide bonds. The minimum atomic E-state index is 0.262. The van der Waals surface area contributed by atoms with Crippen molar-refractivity contribution in [1.82, 2.24) is 4.90 Å². The van der Waals surface area contributed by atoms with E-state index in [-0.39, 0.29) is 6.04 Å². The summed E-state index contributed by atoms with van der Waals surface area (Å²) in [5.41, 5.74) is 7.24. The standard InChI is InChI=1S/C16H26N2O2/c1-12-5-4-8-18(11-12)14(10-17)13-6-7-15(19-2)16(9-13)20-3/h6-7,9,12,14H,4-5,8,10-11,17H2,1-3H3/t12-,14-/m1/s1. The number of hydrogen-bond acceptors (Lipinski definition) is 4. The van der Waals surface area contributed by atoms with E-state index >= 15 is 0 Å². The molecule has 0 aliphatic carbocycles. The molecule has 0 bridgehead atoms. The molecule has 0 spiro atoms. The van der Waals surface area contributed by atoms with Gasteiger partial charge < -0.3 is 15.2 Å². The van der Waals surface area contributed by atoms with E-state index in [2.05, 4.69) is 24.0 Å². The maximum Gasteiger partial charge on any atom is 0.161 e. The molecule has 112 valence electrons. The summed E-state index contributed by atoms with van der Waals surface area (Å²) in [6, 6.07) is 6.37. The van der Waals surface area contributed by atoms with E-state index in [1.165, 1.54) is 18.4 Å². The number of ether oxygens (including phenoxy) is 2. The number of nitrogens with zero attached hydrogens (tertiary/aromatic N) is 1. The van der Waals surface area contributed by atoms with Crippen LogP contribution in [-0.2, 0) is 0 Å². The molecular formula is C16H26N2O2. The third-order valence-electron chi connectivity index (χ3n) is 4.14. The van der Waals surface area contributed by atoms with Crippen molar-refractivity contribution in [2.75, 3.05) is 33.9 Å². The van der Waals surface area contributed by atoms with Crippen molar-refractivity contribution < 1.29 is 9.47 Å². The summed E-state index contributed by atoms with van der Waals surface area (Å²) in [7, 11) is 3.33. The van der Waals surface area contributed by atoms with Crippen LogP contribution in [0.4, 0.5) is 0 Å². The number of nitrogens with two attached hydrogens (primary N) is 1. The molecule has 4 nitrogen and oxygen atoms in total. The summed E-state index contributed by atoms with van der Waals surface area (Å²) in [5.74, 6) is 2.28. The molecule has 0 unspecified atom stereocenters. The highest BCUT2D eigenvalue weighted by Crippen LogP contribution is 2.33. The number of methoxy groups -OCH3 is 2. The number of rotatable bonds is 5. The predicted octanol–water partition coefficient (Wildman–Crippen LogP) is 2.44. The highest BCUT2D eigenvalue weighted by atomic mass is 16.5. The third kappa shape index (κ3) is 3.25. The summed E-state index contributed by atoms with van der Waals surface area (Å²) in [6.45, 7) is 5.19. The SMILES string of the molecule is COc1ccc([C@@H](CN)N2CCC[C@@H](C)C2)cc1OC. The molecule has 1 aromatic rings. The van der Waals surface area contributed by atoms with Gasteiger partial charge in [0.05, 0.1) is 14.2 Å². The maximum atomic E-state index is 6.03. The zero-order valence-corrected chi connectivity index (χ0v) is 12.8. The summed E-state index contributed by atoms with van der Waals surface area (Å²) in [4.78, 5) is 2.50. The van der Waals surface area contributed by atoms with Crippen LogP contribution in [0, 0.1) is 5.92 Å². The van der Waals surface area contributed by atoms with Gasteiger partial charge in [-0.1, -0.05) is 13.0 Å². The second kappa shape index (κ2) is 6.95. The lowest BCUT2D eigenvalue weighted by Crippen LogP contribution is -2.40. The predicted molar refractivity (Wildman–Crippen MR) is 81.3 cm³/mol. The molecule has 0 saturated carbocycles. The summed E-state index contributed by atoms with van der Waals surface area (Å²) >= 11 is 0. The second-order valence-electron chi connectivity index (χ2n) is 5.61. The fourth-order valence-electron chi connectivity index (χ4n) is 3.06. The summed E-state index contributed by atoms with van der Waals surface area (Å²) in [6.07, 6.45) is 2.57. The molecule has 20 heavy (non-hydrogen) atoms. The van der Waals surface area contributed by atoms with Gasteiger partial charge in [-0.05, 0) is 43.0 Å². The number of piperidine rings is 1. The maximum absolute atomic E-state index is 6.03. The largest absolute Gasteiger partial charge is 0.493 e. The Balaban J connectivity index is 2.22. The minimum Gasteiger partial charge on any atom is -0.493 e. The molecule has 2 rings (SSSR count). The van der Waals surface area contributed by atoms with Crippen molar-refractivity contribution in [1.29, 1.82) is 0 Å². The van der Waals surface area contributed by atoms with Crippen LogP contribution in [-0.4, -0.2) is 38.8 Å². The van der Waals surface area contributed by atoms with E-state index in [0.717, 1.165) is 30.5 Å². The minimum absolute atomic E-state index is 0.262. The lowest BCUT2D eigenvalue weighted by molar-refractivity contribution is 0.133. The van der Waals surface area contributed by atoms with Crippen molar-refractivity contribution >= 4 is 0 Å². The average Bonchev–Trinajstić information content (AvgIpc) is 2.48. The Morgan fingerprint density at radius 1 is 1.30 bits per heavy atom. The number of hydrogen-bond donors (Lipinski definition) is 1. The van der Waals surface area contributed by atoms with Gasteiger partial charge in [-0.3, -0.25) is 4.90 Å². The smallest absolute Gasteiger partial charge is 0.161 e. The molecular weight excluding hydrogens is 252 g/mol. The van der Waals surface area contributed by atoms with Crippen molar-refractivity contribution in [2.45, 2.75) is 25.8 Å². The van der Waals surface area contributed by atoms with E-state index in [1.54, 1.807) is 14.2 Å². The third-order valence-corrected chi connectivity index (χ3v) is 4.14. The van der Waals surface area contributed by atoms with E-state index < -0.39 is 0 Å². The van der Waals surface area contributed by atoms with Crippen molar-refractivity contribution in [2.24, 2.45) is 11.7 Å². The Labute approximate surface area is 121 Å². The van der Waals surface area contributed by atoms with Crippen LogP contribution in [0.15, 0.2) is 18.2 Å². The average molecular weight is 278 g/mol. The first-order chi connectivity index (χ1) is 9.69. The summed E-state index contributed by atoms with van der Waals surface area (Å²) < 4.78 is 10.7. The van der Waals surface area contributed by atoms with Crippen molar-refractivity contribution in [3.8, 4) is 11.5 Å². The monoisotopic (exact) mass is 278 g/mol. The first-order valence-corrected chi connectivity index (χ1v) is 7.35. The van der Waals surface area contributed by atoms with Crippen LogP contribution < -0.4 is 15.2 Å². The molecule has 1 fully saturated rings. The Morgan fingerprint density at radius 3 is 2.65 bits per heavy atom. The Bertz CT molecular complexity index is 436. The molecule has 0 aromatic heterocycles. The van der Waals surface area contributed by atoms with E-state index in [4.69, 9.17) is 15.2 Å². The lowest BCUT2D eigenvalue weighted by Gasteiger charge is -2.37. The van der Waals surface area contributed by atoms with Gasteiger partial charge in [0.15, 0.2) is 11.5 Å². The fourth-order valence-corrected chi connectivity index (χ4v) is 3.06. The normalized spacial score (nSPS) is 21.5. The quantitative estimate of drug-likeness (QED) is 0.898. The van der Waals surface area contributed by atoms with Crippen LogP contribution in [0.2, 0.25) is 0 Å². The first-order valence-electron chi connectivity index (χ1n) is 7.35. The van der Waals surface area contributed by atoms with Crippen molar-refractivity contribution in [3.63, 3.8) is 0 Å². The van der Waals surface area contributed by atoms with Crippen LogP contribution in [0.1, 0.15) is 31.4 Å². The highest BCUT2D eigenvalue weighted by Gasteiger charge is 2.24. The van der Waals surface area contributed by atoms with Gasteiger partial charge in [0.2, 0.25) is 0 Å². The zero-order chi connectivity index (χ0) is 14.5. The van der Waals surface area contributed by atoms with Gasteiger partial charge in [0, 0.05) is 19.1 Å². The Kier molecular flexibility index (Phi) is 5.26. The molecule has 1 aromatic carbocycles. The van der Waals surface area contributed by atoms with E-state index in [0.29, 0.717) is 6.54 Å². The van der Waals surface area contributed by atoms with Crippen LogP contribution in [0.5, 0.6) is 11.5 Å². The molecule has 1 heterocycles. The first kappa shape index (κ1) is 15.1. The number of likely N-dealkylation sites (tertiary alicyclic amines) is 1. The van der Waals surface area contributed by atoms with Gasteiger partial charge in [0.25, 0.3) is 0 Å². The van der Waals surface area contributed by atoms with E-state index in [1.807, 2.05) is 6.07 Å². The van der Waals surface area contributed by atoms with Gasteiger partial charge in [-0.15, -0.1) is 0 Å². The van der Waals surface area contributed by atoms with Gasteiger partial charge in [0.1, 0.15) is 0 Å². The Morgan fingerprint density at radius 2 is 2.05 bits per heavy atom. The molecule has 1 saturated heterocycles. The number of benzene rings is 1. The Hall–Kier alpha value is -1.26. The molecule has 2 atom stereocenters. The van der Waals surface area contributed by atoms with Crippen LogP contribution >= 0.6 is 0 Å². The van der Waals surface area contributed by atoms with E-state index in [9.17, 15) is 0 Å². The molecule has 1 aliphatic rings. The van der Waals surface area contributed by atoms with Gasteiger partial charge in [-0.2, -0.15) is 0 Å². The fraction of sp³-hybridized carbons (Fsp3) is 0.625. The second-order valence-corrected chi connectivity index (χ2v) is 5.61. The highest BCUT2D eigenvalue weighted by molar-refractivity contribution is 5.43. The molecule has 2 N–H and O–H groups in total. The van der Waals surface area contributed by atoms with Crippen LogP contribution in [0.25, 0.3) is 0 Å². The van der Waals surface area contributed by atoms with Crippen LogP contribution in [0.3, 0.4) is 0 Å². The topological polar surface area (TPSA) is 47.7 Å². The van der Waals surface area contributed by atoms with Crippen molar-refractivity contribution in [3.05, 3.63) is 23.8 Å². The van der Waals surface area contributed by atoms with Gasteiger partial charge >= 0.3 is 0 Å². The molecule has 1 aliphatic heterocycles. The summed E-state index contributed by atoms with van der Waals surface area (Å²) in [5, 5.41) is 0. The zero-order valence-electron chi connectivity index (χ0n) is 12.8. The van der Waals surface area contributed by atoms with Gasteiger partial charge in [-0.25, -0.2) is 0 Å².